The van der Waals surface area contributed by atoms with Crippen LogP contribution < -0.4 is 4.74 Å². The van der Waals surface area contributed by atoms with Crippen LogP contribution in [0.15, 0.2) is 12.4 Å². The Morgan fingerprint density at radius 2 is 2.24 bits per heavy atom. The van der Waals surface area contributed by atoms with Gasteiger partial charge in [0, 0.05) is 6.04 Å². The number of carboxylic acid groups (broad SMARTS) is 1. The molecule has 5 nitrogen and oxygen atoms in total. The molecule has 96 valence electrons. The molecule has 1 rings (SSSR count). The van der Waals surface area contributed by atoms with Gasteiger partial charge in [0.15, 0.2) is 5.75 Å². The van der Waals surface area contributed by atoms with E-state index in [1.807, 2.05) is 20.0 Å². The van der Waals surface area contributed by atoms with Crippen LogP contribution in [-0.2, 0) is 4.79 Å². The fourth-order valence-corrected chi connectivity index (χ4v) is 1.21. The van der Waals surface area contributed by atoms with Crippen LogP contribution >= 0.6 is 0 Å². The molecule has 0 aliphatic rings. The molecular formula is C12H20N2O3. The highest BCUT2D eigenvalue weighted by Gasteiger charge is 2.26. The third kappa shape index (κ3) is 3.76. The summed E-state index contributed by atoms with van der Waals surface area (Å²) in [7, 11) is 0. The van der Waals surface area contributed by atoms with Crippen LogP contribution in [0.5, 0.6) is 5.75 Å². The van der Waals surface area contributed by atoms with Gasteiger partial charge in [-0.1, -0.05) is 0 Å². The topological polar surface area (TPSA) is 64.3 Å². The molecule has 0 aliphatic carbocycles. The summed E-state index contributed by atoms with van der Waals surface area (Å²) < 4.78 is 7.28. The first-order valence-corrected chi connectivity index (χ1v) is 5.73. The lowest BCUT2D eigenvalue weighted by Crippen LogP contribution is -2.25. The van der Waals surface area contributed by atoms with Crippen LogP contribution in [0.3, 0.4) is 0 Å². The molecular weight excluding hydrogens is 220 g/mol. The second-order valence-corrected chi connectivity index (χ2v) is 5.04. The molecule has 1 N–H and O–H groups in total. The Morgan fingerprint density at radius 3 is 2.71 bits per heavy atom. The van der Waals surface area contributed by atoms with Crippen molar-refractivity contribution < 1.29 is 14.6 Å². The number of nitrogens with zero attached hydrogens (tertiary/aromatic N) is 2. The maximum absolute atomic E-state index is 10.9. The van der Waals surface area contributed by atoms with E-state index in [9.17, 15) is 4.79 Å². The van der Waals surface area contributed by atoms with Crippen LogP contribution in [-0.4, -0.2) is 27.5 Å². The average Bonchev–Trinajstić information content (AvgIpc) is 2.66. The lowest BCUT2D eigenvalue weighted by atomic mass is 9.90. The molecule has 0 saturated heterocycles. The van der Waals surface area contributed by atoms with Gasteiger partial charge in [0.05, 0.1) is 24.4 Å². The van der Waals surface area contributed by atoms with Crippen molar-refractivity contribution in [3.05, 3.63) is 12.4 Å². The van der Waals surface area contributed by atoms with Gasteiger partial charge in [-0.2, -0.15) is 5.10 Å². The van der Waals surface area contributed by atoms with Gasteiger partial charge in [0.2, 0.25) is 0 Å². The van der Waals surface area contributed by atoms with Crippen molar-refractivity contribution in [1.29, 1.82) is 0 Å². The van der Waals surface area contributed by atoms with Gasteiger partial charge in [-0.15, -0.1) is 0 Å². The lowest BCUT2D eigenvalue weighted by Gasteiger charge is -2.18. The van der Waals surface area contributed by atoms with Crippen LogP contribution in [0.25, 0.3) is 0 Å². The normalized spacial score (nSPS) is 11.8. The predicted molar refractivity (Wildman–Crippen MR) is 64.1 cm³/mol. The largest absolute Gasteiger partial charge is 0.490 e. The van der Waals surface area contributed by atoms with Crippen LogP contribution in [0, 0.1) is 5.41 Å². The van der Waals surface area contributed by atoms with Crippen molar-refractivity contribution in [3.63, 3.8) is 0 Å². The number of ether oxygens (including phenoxy) is 1. The molecule has 1 aromatic rings. The van der Waals surface area contributed by atoms with Gasteiger partial charge < -0.3 is 9.84 Å². The third-order valence-corrected chi connectivity index (χ3v) is 2.68. The molecule has 17 heavy (non-hydrogen) atoms. The summed E-state index contributed by atoms with van der Waals surface area (Å²) in [5, 5.41) is 13.1. The lowest BCUT2D eigenvalue weighted by molar-refractivity contribution is -0.147. The Balaban J connectivity index is 2.43. The Kier molecular flexibility index (Phi) is 4.15. The maximum Gasteiger partial charge on any atom is 0.309 e. The SMILES string of the molecule is CC(C)n1cc(OCCC(C)(C)C(=O)O)cn1. The van der Waals surface area contributed by atoms with Crippen molar-refractivity contribution in [3.8, 4) is 5.75 Å². The smallest absolute Gasteiger partial charge is 0.309 e. The molecule has 0 aliphatic heterocycles. The molecule has 0 radical (unpaired) electrons. The van der Waals surface area contributed by atoms with Crippen LogP contribution in [0.1, 0.15) is 40.2 Å². The zero-order valence-electron chi connectivity index (χ0n) is 10.8. The molecule has 0 amide bonds. The highest BCUT2D eigenvalue weighted by Crippen LogP contribution is 2.21. The number of carbonyl (C=O) groups is 1. The molecule has 0 atom stereocenters. The Bertz CT molecular complexity index is 383. The second kappa shape index (κ2) is 5.21. The molecule has 0 bridgehead atoms. The van der Waals surface area contributed by atoms with E-state index < -0.39 is 11.4 Å². The number of aromatic nitrogens is 2. The number of aliphatic carboxylic acids is 1. The zero-order chi connectivity index (χ0) is 13.1. The Hall–Kier alpha value is -1.52. The first kappa shape index (κ1) is 13.5. The fraction of sp³-hybridized carbons (Fsp3) is 0.667. The van der Waals surface area contributed by atoms with Crippen LogP contribution in [0.2, 0.25) is 0 Å². The summed E-state index contributed by atoms with van der Waals surface area (Å²) in [6.07, 6.45) is 3.93. The van der Waals surface area contributed by atoms with Crippen LogP contribution in [0.4, 0.5) is 0 Å². The minimum atomic E-state index is -0.807. The van der Waals surface area contributed by atoms with Gasteiger partial charge >= 0.3 is 5.97 Å². The van der Waals surface area contributed by atoms with E-state index in [2.05, 4.69) is 5.10 Å². The van der Waals surface area contributed by atoms with Gasteiger partial charge in [0.1, 0.15) is 0 Å². The quantitative estimate of drug-likeness (QED) is 0.829. The highest BCUT2D eigenvalue weighted by atomic mass is 16.5. The third-order valence-electron chi connectivity index (χ3n) is 2.68. The highest BCUT2D eigenvalue weighted by molar-refractivity contribution is 5.73. The van der Waals surface area contributed by atoms with E-state index in [1.54, 1.807) is 24.7 Å². The van der Waals surface area contributed by atoms with Gasteiger partial charge in [-0.25, -0.2) is 0 Å². The fourth-order valence-electron chi connectivity index (χ4n) is 1.21. The van der Waals surface area contributed by atoms with Crippen molar-refractivity contribution >= 4 is 5.97 Å². The maximum atomic E-state index is 10.9. The van der Waals surface area contributed by atoms with Gasteiger partial charge in [-0.05, 0) is 34.1 Å². The van der Waals surface area contributed by atoms with Crippen molar-refractivity contribution in [1.82, 2.24) is 9.78 Å². The summed E-state index contributed by atoms with van der Waals surface area (Å²) in [4.78, 5) is 10.9. The summed E-state index contributed by atoms with van der Waals surface area (Å²) in [5.74, 6) is -0.126. The molecule has 1 aromatic heterocycles. The molecule has 1 heterocycles. The second-order valence-electron chi connectivity index (χ2n) is 5.04. The standard InChI is InChI=1S/C12H20N2O3/c1-9(2)14-8-10(7-13-14)17-6-5-12(3,4)11(15)16/h7-9H,5-6H2,1-4H3,(H,15,16). The van der Waals surface area contributed by atoms with E-state index in [0.29, 0.717) is 24.8 Å². The molecule has 0 fully saturated rings. The Labute approximate surface area is 101 Å². The molecule has 0 unspecified atom stereocenters. The number of rotatable bonds is 6. The van der Waals surface area contributed by atoms with Crippen molar-refractivity contribution in [2.75, 3.05) is 6.61 Å². The summed E-state index contributed by atoms with van der Waals surface area (Å²) in [6, 6.07) is 0.294. The molecule has 5 heteroatoms. The van der Waals surface area contributed by atoms with Gasteiger partial charge in [-0.3, -0.25) is 9.48 Å². The van der Waals surface area contributed by atoms with E-state index in [4.69, 9.17) is 9.84 Å². The number of carboxylic acids is 1. The minimum Gasteiger partial charge on any atom is -0.490 e. The number of hydrogen-bond acceptors (Lipinski definition) is 3. The van der Waals surface area contributed by atoms with E-state index >= 15 is 0 Å². The summed E-state index contributed by atoms with van der Waals surface area (Å²) in [5.41, 5.74) is -0.756. The first-order chi connectivity index (χ1) is 7.83. The summed E-state index contributed by atoms with van der Waals surface area (Å²) in [6.45, 7) is 7.82. The predicted octanol–water partition coefficient (Wildman–Crippen LogP) is 2.34. The molecule has 0 aromatic carbocycles. The number of hydrogen-bond donors (Lipinski definition) is 1. The van der Waals surface area contributed by atoms with E-state index in [1.165, 1.54) is 0 Å². The first-order valence-electron chi connectivity index (χ1n) is 5.73. The average molecular weight is 240 g/mol. The molecule has 0 saturated carbocycles. The van der Waals surface area contributed by atoms with E-state index in [-0.39, 0.29) is 0 Å². The Morgan fingerprint density at radius 1 is 1.59 bits per heavy atom. The zero-order valence-corrected chi connectivity index (χ0v) is 10.8. The minimum absolute atomic E-state index is 0.294. The van der Waals surface area contributed by atoms with Crippen molar-refractivity contribution in [2.45, 2.75) is 40.2 Å². The summed E-state index contributed by atoms with van der Waals surface area (Å²) >= 11 is 0. The van der Waals surface area contributed by atoms with E-state index in [0.717, 1.165) is 0 Å². The van der Waals surface area contributed by atoms with Crippen molar-refractivity contribution in [2.24, 2.45) is 5.41 Å². The molecule has 0 spiro atoms. The monoisotopic (exact) mass is 240 g/mol. The van der Waals surface area contributed by atoms with Gasteiger partial charge in [0.25, 0.3) is 0 Å².